The molecule has 0 aliphatic rings. The van der Waals surface area contributed by atoms with Gasteiger partial charge >= 0.3 is 17.9 Å². The monoisotopic (exact) mass is 348 g/mol. The lowest BCUT2D eigenvalue weighted by Crippen LogP contribution is -2.06. The minimum Gasteiger partial charge on any atom is -0.478 e. The van der Waals surface area contributed by atoms with Crippen molar-refractivity contribution in [3.8, 4) is 0 Å². The van der Waals surface area contributed by atoms with E-state index in [4.69, 9.17) is 14.9 Å². The van der Waals surface area contributed by atoms with E-state index in [1.165, 1.54) is 11.6 Å². The smallest absolute Gasteiger partial charge is 0.330 e. The van der Waals surface area contributed by atoms with E-state index in [1.807, 2.05) is 50.3 Å². The minimum absolute atomic E-state index is 0.344. The van der Waals surface area contributed by atoms with Crippen molar-refractivity contribution in [1.29, 1.82) is 0 Å². The zero-order valence-corrected chi connectivity index (χ0v) is 14.4. The van der Waals surface area contributed by atoms with Gasteiger partial charge in [0.2, 0.25) is 0 Å². The van der Waals surface area contributed by atoms with Gasteiger partial charge in [0.25, 0.3) is 0 Å². The summed E-state index contributed by atoms with van der Waals surface area (Å²) in [5.74, 6) is -2.46. The normalized spacial score (nSPS) is 9.08. The molecule has 136 valence electrons. The van der Waals surface area contributed by atoms with Crippen LogP contribution in [0.2, 0.25) is 0 Å². The lowest BCUT2D eigenvalue weighted by atomic mass is 10.2. The number of ether oxygens (including phenoxy) is 1. The van der Waals surface area contributed by atoms with E-state index in [9.17, 15) is 14.4 Å². The van der Waals surface area contributed by atoms with Gasteiger partial charge in [-0.15, -0.1) is 0 Å². The van der Waals surface area contributed by atoms with Gasteiger partial charge in [0.1, 0.15) is 0 Å². The largest absolute Gasteiger partial charge is 0.478 e. The fourth-order valence-electron chi connectivity index (χ4n) is 1.04. The van der Waals surface area contributed by atoms with Crippen LogP contribution in [-0.4, -0.2) is 34.7 Å². The summed E-state index contributed by atoms with van der Waals surface area (Å²) in [6, 6.07) is 10.0. The standard InChI is InChI=1S/C8H8.C7H12O2.C4H4O4/c1-2-8-6-4-3-5-7-8;1-4-7(8)9-5-6(2)3;5-3(6)1-2-4(7)8/h2-7H,1H2;4,6H,1,5H2,2-3H3;1-2H,(H,5,6)(H,7,8)/b;;2-1-. The first-order chi connectivity index (χ1) is 11.7. The highest BCUT2D eigenvalue weighted by Crippen LogP contribution is 1.97. The summed E-state index contributed by atoms with van der Waals surface area (Å²) in [6.45, 7) is 11.3. The summed E-state index contributed by atoms with van der Waals surface area (Å²) in [5, 5.41) is 15.6. The number of carbonyl (C=O) groups is 3. The Morgan fingerprint density at radius 1 is 1.04 bits per heavy atom. The van der Waals surface area contributed by atoms with E-state index in [1.54, 1.807) is 0 Å². The molecule has 0 spiro atoms. The van der Waals surface area contributed by atoms with Crippen LogP contribution >= 0.6 is 0 Å². The van der Waals surface area contributed by atoms with Crippen LogP contribution in [0.1, 0.15) is 19.4 Å². The third kappa shape index (κ3) is 20.9. The number of hydrogen-bond donors (Lipinski definition) is 2. The quantitative estimate of drug-likeness (QED) is 0.603. The predicted molar refractivity (Wildman–Crippen MR) is 96.9 cm³/mol. The first-order valence-electron chi connectivity index (χ1n) is 7.33. The Morgan fingerprint density at radius 3 is 1.80 bits per heavy atom. The molecule has 1 aromatic carbocycles. The average Bonchev–Trinajstić information content (AvgIpc) is 2.59. The number of aliphatic carboxylic acids is 2. The number of rotatable bonds is 6. The molecule has 0 unspecified atom stereocenters. The molecule has 0 aliphatic heterocycles. The van der Waals surface area contributed by atoms with Gasteiger partial charge in [-0.3, -0.25) is 0 Å². The number of benzene rings is 1. The molecule has 25 heavy (non-hydrogen) atoms. The van der Waals surface area contributed by atoms with Crippen LogP contribution in [0.25, 0.3) is 6.08 Å². The first-order valence-corrected chi connectivity index (χ1v) is 7.33. The van der Waals surface area contributed by atoms with Crippen molar-refractivity contribution in [2.45, 2.75) is 13.8 Å². The molecule has 0 atom stereocenters. The fraction of sp³-hybridized carbons (Fsp3) is 0.211. The molecular formula is C19H24O6. The van der Waals surface area contributed by atoms with E-state index in [0.717, 1.165) is 0 Å². The van der Waals surface area contributed by atoms with Crippen molar-refractivity contribution >= 4 is 24.0 Å². The maximum Gasteiger partial charge on any atom is 0.330 e. The van der Waals surface area contributed by atoms with Crippen LogP contribution in [0.5, 0.6) is 0 Å². The molecule has 6 nitrogen and oxygen atoms in total. The zero-order valence-electron chi connectivity index (χ0n) is 14.4. The number of esters is 1. The second kappa shape index (κ2) is 15.7. The molecule has 0 fully saturated rings. The topological polar surface area (TPSA) is 101 Å². The molecule has 6 heteroatoms. The highest BCUT2D eigenvalue weighted by atomic mass is 16.5. The van der Waals surface area contributed by atoms with E-state index in [-0.39, 0.29) is 5.97 Å². The van der Waals surface area contributed by atoms with Crippen LogP contribution in [0.3, 0.4) is 0 Å². The van der Waals surface area contributed by atoms with Gasteiger partial charge in [-0.1, -0.05) is 63.4 Å². The summed E-state index contributed by atoms with van der Waals surface area (Å²) in [5.41, 5.74) is 1.17. The molecule has 1 aromatic rings. The van der Waals surface area contributed by atoms with E-state index >= 15 is 0 Å². The average molecular weight is 348 g/mol. The summed E-state index contributed by atoms with van der Waals surface area (Å²) >= 11 is 0. The van der Waals surface area contributed by atoms with E-state index in [2.05, 4.69) is 13.2 Å². The van der Waals surface area contributed by atoms with E-state index < -0.39 is 11.9 Å². The lowest BCUT2D eigenvalue weighted by molar-refractivity contribution is -0.138. The Kier molecular flexibility index (Phi) is 15.2. The Hall–Kier alpha value is -3.15. The third-order valence-corrected chi connectivity index (χ3v) is 2.13. The van der Waals surface area contributed by atoms with Crippen molar-refractivity contribution in [2.24, 2.45) is 5.92 Å². The molecule has 0 saturated carbocycles. The van der Waals surface area contributed by atoms with Crippen molar-refractivity contribution in [3.63, 3.8) is 0 Å². The van der Waals surface area contributed by atoms with Gasteiger partial charge in [0, 0.05) is 18.2 Å². The van der Waals surface area contributed by atoms with Crippen LogP contribution in [0.4, 0.5) is 0 Å². The molecule has 0 radical (unpaired) electrons. The second-order valence-electron chi connectivity index (χ2n) is 4.85. The van der Waals surface area contributed by atoms with Gasteiger partial charge in [-0.25, -0.2) is 14.4 Å². The number of carboxylic acids is 2. The van der Waals surface area contributed by atoms with Crippen molar-refractivity contribution in [3.05, 3.63) is 67.3 Å². The van der Waals surface area contributed by atoms with Crippen molar-refractivity contribution < 1.29 is 29.3 Å². The first kappa shape index (κ1) is 24.1. The van der Waals surface area contributed by atoms with Crippen molar-refractivity contribution in [2.75, 3.05) is 6.61 Å². The molecular weight excluding hydrogens is 324 g/mol. The van der Waals surface area contributed by atoms with Gasteiger partial charge in [0.15, 0.2) is 0 Å². The Bertz CT molecular complexity index is 557. The highest BCUT2D eigenvalue weighted by molar-refractivity contribution is 5.89. The number of hydrogen-bond acceptors (Lipinski definition) is 4. The predicted octanol–water partition coefficient (Wildman–Crippen LogP) is 3.41. The molecule has 0 amide bonds. The van der Waals surface area contributed by atoms with Crippen LogP contribution in [0, 0.1) is 5.92 Å². The molecule has 0 bridgehead atoms. The lowest BCUT2D eigenvalue weighted by Gasteiger charge is -2.02. The second-order valence-corrected chi connectivity index (χ2v) is 4.85. The summed E-state index contributed by atoms with van der Waals surface area (Å²) < 4.78 is 4.70. The van der Waals surface area contributed by atoms with Crippen LogP contribution < -0.4 is 0 Å². The minimum atomic E-state index is -1.26. The van der Waals surface area contributed by atoms with Crippen LogP contribution in [-0.2, 0) is 19.1 Å². The van der Waals surface area contributed by atoms with Gasteiger partial charge in [-0.05, 0) is 11.5 Å². The summed E-state index contributed by atoms with van der Waals surface area (Å²) in [6.07, 6.45) is 4.12. The van der Waals surface area contributed by atoms with Crippen LogP contribution in [0.15, 0.2) is 61.7 Å². The number of carbonyl (C=O) groups excluding carboxylic acids is 1. The maximum absolute atomic E-state index is 10.4. The third-order valence-electron chi connectivity index (χ3n) is 2.13. The number of carboxylic acid groups (broad SMARTS) is 2. The molecule has 0 saturated heterocycles. The summed E-state index contributed by atoms with van der Waals surface area (Å²) in [7, 11) is 0. The Balaban J connectivity index is 0. The molecule has 0 aliphatic carbocycles. The molecule has 1 rings (SSSR count). The van der Waals surface area contributed by atoms with Gasteiger partial charge in [0.05, 0.1) is 6.61 Å². The fourth-order valence-corrected chi connectivity index (χ4v) is 1.04. The summed E-state index contributed by atoms with van der Waals surface area (Å²) in [4.78, 5) is 29.5. The molecule has 2 N–H and O–H groups in total. The van der Waals surface area contributed by atoms with Crippen molar-refractivity contribution in [1.82, 2.24) is 0 Å². The maximum atomic E-state index is 10.4. The molecule has 0 heterocycles. The van der Waals surface area contributed by atoms with Gasteiger partial charge < -0.3 is 14.9 Å². The van der Waals surface area contributed by atoms with E-state index in [0.29, 0.717) is 24.7 Å². The Morgan fingerprint density at radius 2 is 1.52 bits per heavy atom. The van der Waals surface area contributed by atoms with Gasteiger partial charge in [-0.2, -0.15) is 0 Å². The molecule has 0 aromatic heterocycles. The zero-order chi connectivity index (χ0) is 19.7. The Labute approximate surface area is 147 Å². The SMILES string of the molecule is C=CC(=O)OCC(C)C.C=Cc1ccccc1.O=C(O)/C=C\C(=O)O. The highest BCUT2D eigenvalue weighted by Gasteiger charge is 1.96.